The summed E-state index contributed by atoms with van der Waals surface area (Å²) in [6.07, 6.45) is 1.64. The Morgan fingerprint density at radius 2 is 1.80 bits per heavy atom. The van der Waals surface area contributed by atoms with E-state index in [0.717, 1.165) is 38.4 Å². The molecule has 1 fully saturated rings. The lowest BCUT2D eigenvalue weighted by molar-refractivity contribution is 0.0342. The Morgan fingerprint density at radius 1 is 1.12 bits per heavy atom. The molecule has 2 aromatic carbocycles. The lowest BCUT2D eigenvalue weighted by atomic mass is 10.1. The summed E-state index contributed by atoms with van der Waals surface area (Å²) < 4.78 is 5.36. The smallest absolute Gasteiger partial charge is 0.271 e. The average Bonchev–Trinajstić information content (AvgIpc) is 2.65. The third-order valence-electron chi connectivity index (χ3n) is 4.18. The Balaban J connectivity index is 1.52. The van der Waals surface area contributed by atoms with Crippen molar-refractivity contribution in [3.05, 3.63) is 70.8 Å². The summed E-state index contributed by atoms with van der Waals surface area (Å²) >= 11 is 0. The predicted molar refractivity (Wildman–Crippen MR) is 98.8 cm³/mol. The Bertz CT molecular complexity index is 718. The van der Waals surface area contributed by atoms with Crippen molar-refractivity contribution < 1.29 is 9.53 Å². The quantitative estimate of drug-likeness (QED) is 0.674. The van der Waals surface area contributed by atoms with Gasteiger partial charge in [0.1, 0.15) is 0 Å². The van der Waals surface area contributed by atoms with Gasteiger partial charge in [0.25, 0.3) is 5.91 Å². The minimum absolute atomic E-state index is 0.207. The second-order valence-corrected chi connectivity index (χ2v) is 6.20. The van der Waals surface area contributed by atoms with Crippen LogP contribution in [0.3, 0.4) is 0 Å². The molecule has 0 spiro atoms. The van der Waals surface area contributed by atoms with Crippen LogP contribution in [-0.4, -0.2) is 43.3 Å². The van der Waals surface area contributed by atoms with Gasteiger partial charge in [-0.15, -0.1) is 0 Å². The number of hydrogen-bond donors (Lipinski definition) is 1. The summed E-state index contributed by atoms with van der Waals surface area (Å²) in [5.41, 5.74) is 6.51. The zero-order chi connectivity index (χ0) is 17.5. The van der Waals surface area contributed by atoms with Crippen LogP contribution in [0.15, 0.2) is 53.6 Å². The van der Waals surface area contributed by atoms with Crippen LogP contribution in [0.4, 0.5) is 0 Å². The van der Waals surface area contributed by atoms with Crippen molar-refractivity contribution in [2.75, 3.05) is 26.3 Å². The molecular weight excluding hydrogens is 314 g/mol. The SMILES string of the molecule is Cc1ccc(C=NNC(=O)c2ccc(CN3CCOCC3)cc2)cc1. The van der Waals surface area contributed by atoms with Gasteiger partial charge in [-0.2, -0.15) is 5.10 Å². The van der Waals surface area contributed by atoms with Gasteiger partial charge >= 0.3 is 0 Å². The van der Waals surface area contributed by atoms with Crippen LogP contribution in [0.1, 0.15) is 27.0 Å². The lowest BCUT2D eigenvalue weighted by Gasteiger charge is -2.26. The minimum Gasteiger partial charge on any atom is -0.379 e. The molecule has 0 atom stereocenters. The van der Waals surface area contributed by atoms with Gasteiger partial charge in [-0.05, 0) is 30.2 Å². The number of rotatable bonds is 5. The first kappa shape index (κ1) is 17.3. The van der Waals surface area contributed by atoms with Crippen molar-refractivity contribution in [1.29, 1.82) is 0 Å². The third kappa shape index (κ3) is 5.24. The lowest BCUT2D eigenvalue weighted by Crippen LogP contribution is -2.35. The van der Waals surface area contributed by atoms with E-state index in [2.05, 4.69) is 15.4 Å². The van der Waals surface area contributed by atoms with Gasteiger partial charge in [0.05, 0.1) is 19.4 Å². The number of amides is 1. The summed E-state index contributed by atoms with van der Waals surface area (Å²) in [6, 6.07) is 15.6. The number of hydrazone groups is 1. The maximum Gasteiger partial charge on any atom is 0.271 e. The molecule has 1 amide bonds. The number of carbonyl (C=O) groups excluding carboxylic acids is 1. The maximum atomic E-state index is 12.1. The summed E-state index contributed by atoms with van der Waals surface area (Å²) in [5.74, 6) is -0.207. The maximum absolute atomic E-state index is 12.1. The normalized spacial score (nSPS) is 15.4. The number of benzene rings is 2. The number of ether oxygens (including phenoxy) is 1. The van der Waals surface area contributed by atoms with Crippen LogP contribution in [0.2, 0.25) is 0 Å². The number of nitrogens with one attached hydrogen (secondary N) is 1. The molecule has 1 heterocycles. The molecule has 1 saturated heterocycles. The molecular formula is C20H23N3O2. The monoisotopic (exact) mass is 337 g/mol. The summed E-state index contributed by atoms with van der Waals surface area (Å²) in [5, 5.41) is 4.02. The van der Waals surface area contributed by atoms with Gasteiger partial charge in [0.15, 0.2) is 0 Å². The standard InChI is InChI=1S/C20H23N3O2/c1-16-2-4-17(5-3-16)14-21-22-20(24)19-8-6-18(7-9-19)15-23-10-12-25-13-11-23/h2-9,14H,10-13,15H2,1H3,(H,22,24). The first-order valence-electron chi connectivity index (χ1n) is 8.50. The minimum atomic E-state index is -0.207. The molecule has 25 heavy (non-hydrogen) atoms. The Morgan fingerprint density at radius 3 is 2.48 bits per heavy atom. The molecule has 0 bridgehead atoms. The Hall–Kier alpha value is -2.50. The number of hydrogen-bond acceptors (Lipinski definition) is 4. The fraction of sp³-hybridized carbons (Fsp3) is 0.300. The van der Waals surface area contributed by atoms with Crippen molar-refractivity contribution in [2.45, 2.75) is 13.5 Å². The van der Waals surface area contributed by atoms with Crippen LogP contribution in [0, 0.1) is 6.92 Å². The van der Waals surface area contributed by atoms with E-state index in [9.17, 15) is 4.79 Å². The molecule has 1 aliphatic heterocycles. The molecule has 1 N–H and O–H groups in total. The van der Waals surface area contributed by atoms with E-state index in [4.69, 9.17) is 4.74 Å². The van der Waals surface area contributed by atoms with E-state index in [1.165, 1.54) is 11.1 Å². The van der Waals surface area contributed by atoms with Gasteiger partial charge in [0, 0.05) is 25.2 Å². The van der Waals surface area contributed by atoms with Crippen LogP contribution in [0.5, 0.6) is 0 Å². The van der Waals surface area contributed by atoms with Crippen molar-refractivity contribution in [2.24, 2.45) is 5.10 Å². The fourth-order valence-electron chi connectivity index (χ4n) is 2.66. The second-order valence-electron chi connectivity index (χ2n) is 6.20. The molecule has 3 rings (SSSR count). The zero-order valence-electron chi connectivity index (χ0n) is 14.4. The van der Waals surface area contributed by atoms with Gasteiger partial charge in [0.2, 0.25) is 0 Å². The number of aryl methyl sites for hydroxylation is 1. The van der Waals surface area contributed by atoms with E-state index < -0.39 is 0 Å². The van der Waals surface area contributed by atoms with Crippen molar-refractivity contribution in [1.82, 2.24) is 10.3 Å². The predicted octanol–water partition coefficient (Wildman–Crippen LogP) is 2.59. The van der Waals surface area contributed by atoms with E-state index in [1.54, 1.807) is 6.21 Å². The van der Waals surface area contributed by atoms with E-state index in [-0.39, 0.29) is 5.91 Å². The second kappa shape index (κ2) is 8.55. The molecule has 1 aliphatic rings. The van der Waals surface area contributed by atoms with Gasteiger partial charge in [-0.3, -0.25) is 9.69 Å². The highest BCUT2D eigenvalue weighted by atomic mass is 16.5. The largest absolute Gasteiger partial charge is 0.379 e. The summed E-state index contributed by atoms with van der Waals surface area (Å²) in [4.78, 5) is 14.5. The molecule has 0 saturated carbocycles. The zero-order valence-corrected chi connectivity index (χ0v) is 14.4. The van der Waals surface area contributed by atoms with E-state index in [1.807, 2.05) is 55.5 Å². The van der Waals surface area contributed by atoms with Crippen molar-refractivity contribution in [3.8, 4) is 0 Å². The van der Waals surface area contributed by atoms with Gasteiger partial charge in [-0.25, -0.2) is 5.43 Å². The molecule has 0 aliphatic carbocycles. The Labute approximate surface area is 148 Å². The molecule has 0 aromatic heterocycles. The van der Waals surface area contributed by atoms with Crippen molar-refractivity contribution >= 4 is 12.1 Å². The molecule has 2 aromatic rings. The summed E-state index contributed by atoms with van der Waals surface area (Å²) in [6.45, 7) is 6.41. The fourth-order valence-corrected chi connectivity index (χ4v) is 2.66. The topological polar surface area (TPSA) is 53.9 Å². The first-order chi connectivity index (χ1) is 12.2. The third-order valence-corrected chi connectivity index (χ3v) is 4.18. The van der Waals surface area contributed by atoms with Crippen LogP contribution < -0.4 is 5.43 Å². The number of carbonyl (C=O) groups is 1. The van der Waals surface area contributed by atoms with Crippen LogP contribution >= 0.6 is 0 Å². The van der Waals surface area contributed by atoms with E-state index in [0.29, 0.717) is 5.56 Å². The first-order valence-corrected chi connectivity index (χ1v) is 8.50. The van der Waals surface area contributed by atoms with Gasteiger partial charge < -0.3 is 4.74 Å². The molecule has 0 unspecified atom stereocenters. The highest BCUT2D eigenvalue weighted by Gasteiger charge is 2.11. The van der Waals surface area contributed by atoms with Crippen LogP contribution in [0.25, 0.3) is 0 Å². The van der Waals surface area contributed by atoms with Crippen LogP contribution in [-0.2, 0) is 11.3 Å². The highest BCUT2D eigenvalue weighted by molar-refractivity contribution is 5.94. The molecule has 5 nitrogen and oxygen atoms in total. The number of nitrogens with zero attached hydrogens (tertiary/aromatic N) is 2. The van der Waals surface area contributed by atoms with Crippen molar-refractivity contribution in [3.63, 3.8) is 0 Å². The Kier molecular flexibility index (Phi) is 5.93. The molecule has 130 valence electrons. The molecule has 0 radical (unpaired) electrons. The number of morpholine rings is 1. The van der Waals surface area contributed by atoms with Gasteiger partial charge in [-0.1, -0.05) is 42.0 Å². The average molecular weight is 337 g/mol. The van der Waals surface area contributed by atoms with E-state index >= 15 is 0 Å². The summed E-state index contributed by atoms with van der Waals surface area (Å²) in [7, 11) is 0. The molecule has 5 heteroatoms. The highest BCUT2D eigenvalue weighted by Crippen LogP contribution is 2.09.